The summed E-state index contributed by atoms with van der Waals surface area (Å²) in [5.74, 6) is 2.45. The van der Waals surface area contributed by atoms with Gasteiger partial charge in [0.15, 0.2) is 0 Å². The molecule has 0 fully saturated rings. The van der Waals surface area contributed by atoms with E-state index in [0.717, 1.165) is 29.2 Å². The van der Waals surface area contributed by atoms with Gasteiger partial charge in [-0.2, -0.15) is 0 Å². The number of rotatable bonds is 6. The Hall–Kier alpha value is -0.840. The minimum atomic E-state index is 0.657. The lowest BCUT2D eigenvalue weighted by atomic mass is 10.1. The predicted molar refractivity (Wildman–Crippen MR) is 76.6 cm³/mol. The summed E-state index contributed by atoms with van der Waals surface area (Å²) in [7, 11) is 2.06. The molecule has 0 amide bonds. The van der Waals surface area contributed by atoms with Crippen molar-refractivity contribution in [2.75, 3.05) is 30.4 Å². The summed E-state index contributed by atoms with van der Waals surface area (Å²) >= 11 is 3.57. The summed E-state index contributed by atoms with van der Waals surface area (Å²) in [4.78, 5) is 10.7. The van der Waals surface area contributed by atoms with Gasteiger partial charge in [0.2, 0.25) is 0 Å². The molecule has 96 valence electrons. The highest BCUT2D eigenvalue weighted by molar-refractivity contribution is 9.10. The fourth-order valence-electron chi connectivity index (χ4n) is 1.60. The predicted octanol–water partition coefficient (Wildman–Crippen LogP) is 3.15. The van der Waals surface area contributed by atoms with Gasteiger partial charge in [-0.15, -0.1) is 0 Å². The molecule has 5 heteroatoms. The first-order valence-electron chi connectivity index (χ1n) is 6.05. The Labute approximate surface area is 112 Å². The van der Waals surface area contributed by atoms with Crippen molar-refractivity contribution in [2.24, 2.45) is 5.92 Å². The molecule has 0 aliphatic heterocycles. The first-order chi connectivity index (χ1) is 8.10. The van der Waals surface area contributed by atoms with E-state index in [0.29, 0.717) is 5.92 Å². The zero-order valence-corrected chi connectivity index (χ0v) is 12.6. The van der Waals surface area contributed by atoms with Crippen LogP contribution in [-0.2, 0) is 0 Å². The molecule has 0 aromatic carbocycles. The van der Waals surface area contributed by atoms with E-state index in [1.54, 1.807) is 6.33 Å². The number of hydrogen-bond donors (Lipinski definition) is 1. The van der Waals surface area contributed by atoms with Crippen LogP contribution in [0.15, 0.2) is 10.8 Å². The van der Waals surface area contributed by atoms with Crippen molar-refractivity contribution in [2.45, 2.75) is 27.2 Å². The van der Waals surface area contributed by atoms with Gasteiger partial charge in [0.05, 0.1) is 0 Å². The largest absolute Gasteiger partial charge is 0.369 e. The van der Waals surface area contributed by atoms with Gasteiger partial charge in [0, 0.05) is 20.1 Å². The maximum atomic E-state index is 4.34. The third kappa shape index (κ3) is 3.84. The third-order valence-electron chi connectivity index (χ3n) is 2.76. The molecule has 1 heterocycles. The highest BCUT2D eigenvalue weighted by Gasteiger charge is 2.13. The van der Waals surface area contributed by atoms with E-state index in [-0.39, 0.29) is 0 Å². The fraction of sp³-hybridized carbons (Fsp3) is 0.667. The SMILES string of the molecule is CCNc1ncnc(N(C)CC(C)CC)c1Br. The van der Waals surface area contributed by atoms with Crippen LogP contribution in [0.2, 0.25) is 0 Å². The van der Waals surface area contributed by atoms with Crippen LogP contribution in [-0.4, -0.2) is 30.1 Å². The maximum absolute atomic E-state index is 4.34. The number of nitrogens with one attached hydrogen (secondary N) is 1. The first kappa shape index (κ1) is 14.2. The molecule has 4 nitrogen and oxygen atoms in total. The molecule has 0 saturated heterocycles. The second kappa shape index (κ2) is 6.79. The van der Waals surface area contributed by atoms with E-state index in [1.165, 1.54) is 6.42 Å². The van der Waals surface area contributed by atoms with Crippen molar-refractivity contribution < 1.29 is 0 Å². The highest BCUT2D eigenvalue weighted by atomic mass is 79.9. The fourth-order valence-corrected chi connectivity index (χ4v) is 2.25. The van der Waals surface area contributed by atoms with Crippen molar-refractivity contribution >= 4 is 27.6 Å². The van der Waals surface area contributed by atoms with Gasteiger partial charge in [-0.3, -0.25) is 0 Å². The minimum Gasteiger partial charge on any atom is -0.369 e. The Morgan fingerprint density at radius 2 is 2.12 bits per heavy atom. The molecule has 17 heavy (non-hydrogen) atoms. The van der Waals surface area contributed by atoms with Gasteiger partial charge >= 0.3 is 0 Å². The number of anilines is 2. The minimum absolute atomic E-state index is 0.657. The van der Waals surface area contributed by atoms with Crippen molar-refractivity contribution in [1.82, 2.24) is 9.97 Å². The van der Waals surface area contributed by atoms with Crippen molar-refractivity contribution in [3.05, 3.63) is 10.8 Å². The van der Waals surface area contributed by atoms with E-state index in [1.807, 2.05) is 0 Å². The van der Waals surface area contributed by atoms with Crippen LogP contribution < -0.4 is 10.2 Å². The molecule has 1 atom stereocenters. The maximum Gasteiger partial charge on any atom is 0.148 e. The molecule has 1 N–H and O–H groups in total. The topological polar surface area (TPSA) is 41.1 Å². The third-order valence-corrected chi connectivity index (χ3v) is 3.49. The molecular formula is C12H21BrN4. The number of aromatic nitrogens is 2. The van der Waals surface area contributed by atoms with Gasteiger partial charge in [-0.25, -0.2) is 9.97 Å². The lowest BCUT2D eigenvalue weighted by molar-refractivity contribution is 0.557. The monoisotopic (exact) mass is 300 g/mol. The number of halogens is 1. The Kier molecular flexibility index (Phi) is 5.68. The second-order valence-electron chi connectivity index (χ2n) is 4.28. The van der Waals surface area contributed by atoms with E-state index in [9.17, 15) is 0 Å². The molecule has 1 aromatic heterocycles. The summed E-state index contributed by atoms with van der Waals surface area (Å²) in [6, 6.07) is 0. The Balaban J connectivity index is 2.86. The molecule has 0 saturated carbocycles. The molecule has 0 bridgehead atoms. The van der Waals surface area contributed by atoms with Crippen LogP contribution in [0.3, 0.4) is 0 Å². The average molecular weight is 301 g/mol. The summed E-state index contributed by atoms with van der Waals surface area (Å²) < 4.78 is 0.938. The lowest BCUT2D eigenvalue weighted by Gasteiger charge is -2.23. The van der Waals surface area contributed by atoms with Crippen LogP contribution in [0, 0.1) is 5.92 Å². The van der Waals surface area contributed by atoms with Crippen molar-refractivity contribution in [3.8, 4) is 0 Å². The standard InChI is InChI=1S/C12H21BrN4/c1-5-9(3)7-17(4)12-10(13)11(14-6-2)15-8-16-12/h8-9H,5-7H2,1-4H3,(H,14,15,16). The molecule has 0 aliphatic rings. The average Bonchev–Trinajstić information content (AvgIpc) is 2.31. The van der Waals surface area contributed by atoms with E-state index < -0.39 is 0 Å². The van der Waals surface area contributed by atoms with Crippen molar-refractivity contribution in [3.63, 3.8) is 0 Å². The van der Waals surface area contributed by atoms with Gasteiger partial charge in [0.1, 0.15) is 22.4 Å². The summed E-state index contributed by atoms with van der Waals surface area (Å²) in [5, 5.41) is 3.21. The smallest absolute Gasteiger partial charge is 0.148 e. The van der Waals surface area contributed by atoms with E-state index in [4.69, 9.17) is 0 Å². The molecule has 0 spiro atoms. The summed E-state index contributed by atoms with van der Waals surface area (Å²) in [6.45, 7) is 8.35. The van der Waals surface area contributed by atoms with E-state index >= 15 is 0 Å². The summed E-state index contributed by atoms with van der Waals surface area (Å²) in [5.41, 5.74) is 0. The number of hydrogen-bond acceptors (Lipinski definition) is 4. The van der Waals surface area contributed by atoms with Crippen LogP contribution in [0.25, 0.3) is 0 Å². The zero-order chi connectivity index (χ0) is 12.8. The molecule has 1 unspecified atom stereocenters. The molecule has 0 radical (unpaired) electrons. The normalized spacial score (nSPS) is 12.3. The van der Waals surface area contributed by atoms with Crippen molar-refractivity contribution in [1.29, 1.82) is 0 Å². The first-order valence-corrected chi connectivity index (χ1v) is 6.84. The van der Waals surface area contributed by atoms with Crippen LogP contribution in [0.5, 0.6) is 0 Å². The van der Waals surface area contributed by atoms with E-state index in [2.05, 4.69) is 63.9 Å². The summed E-state index contributed by atoms with van der Waals surface area (Å²) in [6.07, 6.45) is 2.78. The van der Waals surface area contributed by atoms with Gasteiger partial charge < -0.3 is 10.2 Å². The van der Waals surface area contributed by atoms with Gasteiger partial charge in [0.25, 0.3) is 0 Å². The van der Waals surface area contributed by atoms with Gasteiger partial charge in [-0.05, 0) is 28.8 Å². The van der Waals surface area contributed by atoms with Crippen LogP contribution in [0.4, 0.5) is 11.6 Å². The molecule has 1 aromatic rings. The zero-order valence-electron chi connectivity index (χ0n) is 11.0. The molecular weight excluding hydrogens is 280 g/mol. The Morgan fingerprint density at radius 1 is 1.41 bits per heavy atom. The molecule has 1 rings (SSSR count). The molecule has 0 aliphatic carbocycles. The Morgan fingerprint density at radius 3 is 2.71 bits per heavy atom. The van der Waals surface area contributed by atoms with Gasteiger partial charge in [-0.1, -0.05) is 20.3 Å². The Bertz CT molecular complexity index is 356. The number of nitrogens with zero attached hydrogens (tertiary/aromatic N) is 3. The van der Waals surface area contributed by atoms with Crippen LogP contribution in [0.1, 0.15) is 27.2 Å². The van der Waals surface area contributed by atoms with Crippen LogP contribution >= 0.6 is 15.9 Å². The second-order valence-corrected chi connectivity index (χ2v) is 5.08. The highest BCUT2D eigenvalue weighted by Crippen LogP contribution is 2.29. The lowest BCUT2D eigenvalue weighted by Crippen LogP contribution is -2.25. The quantitative estimate of drug-likeness (QED) is 0.876.